The number of nitrogens with zero attached hydrogens (tertiary/aromatic N) is 1. The highest BCUT2D eigenvalue weighted by Crippen LogP contribution is 2.44. The Balaban J connectivity index is 1.44. The molecule has 1 aliphatic heterocycles. The van der Waals surface area contributed by atoms with Gasteiger partial charge in [0.05, 0.1) is 35.6 Å². The van der Waals surface area contributed by atoms with Gasteiger partial charge < -0.3 is 38.7 Å². The third-order valence-electron chi connectivity index (χ3n) is 10.4. The second-order valence-electron chi connectivity index (χ2n) is 14.6. The van der Waals surface area contributed by atoms with Crippen LogP contribution in [-0.2, 0) is 35.9 Å². The third-order valence-corrected chi connectivity index (χ3v) is 10.4. The minimum atomic E-state index is -2.79. The molecule has 1 heterocycles. The van der Waals surface area contributed by atoms with Crippen molar-refractivity contribution in [1.82, 2.24) is 0 Å². The Morgan fingerprint density at radius 2 is 1.13 bits per heavy atom. The van der Waals surface area contributed by atoms with Crippen molar-refractivity contribution in [2.45, 2.75) is 49.7 Å². The fourth-order valence-electron chi connectivity index (χ4n) is 7.27. The highest BCUT2D eigenvalue weighted by molar-refractivity contribution is 5.92. The van der Waals surface area contributed by atoms with Gasteiger partial charge in [0.2, 0.25) is 11.9 Å². The normalized spacial score (nSPS) is 19.9. The number of esters is 4. The minimum absolute atomic E-state index is 0.0123. The molecule has 6 atom stereocenters. The third kappa shape index (κ3) is 10.1. The molecule has 13 nitrogen and oxygen atoms in total. The number of aliphatic hydroxyl groups is 1. The highest BCUT2D eigenvalue weighted by Gasteiger charge is 2.62. The maximum Gasteiger partial charge on any atom is 0.338 e. The lowest BCUT2D eigenvalue weighted by atomic mass is 9.82. The molecule has 320 valence electrons. The fourth-order valence-corrected chi connectivity index (χ4v) is 7.27. The van der Waals surface area contributed by atoms with Gasteiger partial charge in [-0.05, 0) is 96.8 Å². The van der Waals surface area contributed by atoms with E-state index in [1.807, 2.05) is 12.1 Å². The predicted octanol–water partition coefficient (Wildman–Crippen LogP) is 7.56. The van der Waals surface area contributed by atoms with Crippen molar-refractivity contribution in [2.75, 3.05) is 7.11 Å². The summed E-state index contributed by atoms with van der Waals surface area (Å²) in [5.41, 5.74) is 1.91. The summed E-state index contributed by atoms with van der Waals surface area (Å²) in [7, 11) is 1.54. The van der Waals surface area contributed by atoms with Crippen molar-refractivity contribution in [2.24, 2.45) is 5.16 Å². The molecule has 0 saturated carbocycles. The average molecular weight is 850 g/mol. The summed E-state index contributed by atoms with van der Waals surface area (Å²) in [6.07, 6.45) is -7.28. The van der Waals surface area contributed by atoms with Crippen LogP contribution in [0.4, 0.5) is 0 Å². The molecule has 2 N–H and O–H groups in total. The average Bonchev–Trinajstić information content (AvgIpc) is 3.32. The Labute approximate surface area is 363 Å². The van der Waals surface area contributed by atoms with E-state index in [1.54, 1.807) is 116 Å². The molecule has 13 heteroatoms. The van der Waals surface area contributed by atoms with Crippen molar-refractivity contribution >= 4 is 30.1 Å². The van der Waals surface area contributed by atoms with Crippen molar-refractivity contribution in [1.29, 1.82) is 0 Å². The molecular weight excluding hydrogens is 807 g/mol. The van der Waals surface area contributed by atoms with Crippen molar-refractivity contribution in [3.8, 4) is 5.75 Å². The molecular formula is C50H43NO12. The number of rotatable bonds is 14. The summed E-state index contributed by atoms with van der Waals surface area (Å²) in [6.45, 7) is 1.47. The van der Waals surface area contributed by atoms with E-state index in [4.69, 9.17) is 28.4 Å². The number of methoxy groups -OCH3 is 1. The van der Waals surface area contributed by atoms with Crippen LogP contribution in [0.15, 0.2) is 169 Å². The summed E-state index contributed by atoms with van der Waals surface area (Å²) >= 11 is 0. The van der Waals surface area contributed by atoms with Crippen LogP contribution < -0.4 is 4.74 Å². The first-order valence-electron chi connectivity index (χ1n) is 20.0. The van der Waals surface area contributed by atoms with Gasteiger partial charge in [0.1, 0.15) is 18.0 Å². The van der Waals surface area contributed by atoms with Gasteiger partial charge in [-0.1, -0.05) is 102 Å². The zero-order valence-corrected chi connectivity index (χ0v) is 34.2. The van der Waals surface area contributed by atoms with E-state index in [-0.39, 0.29) is 39.8 Å². The molecule has 0 radical (unpaired) electrons. The van der Waals surface area contributed by atoms with Crippen molar-refractivity contribution < 1.29 is 57.9 Å². The summed E-state index contributed by atoms with van der Waals surface area (Å²) in [5.74, 6) is -5.74. The Kier molecular flexibility index (Phi) is 13.7. The SMILES string of the molecule is COc1ccc(Cc2ccc(C=NO)cc2[C@@]2(O)O[C@H]([C@H](C)OC(=O)c3ccccc3)[C@@H](OC(=O)c3ccccc3)[C@H](OC(=O)c3ccccc3)[C@H]2OC(=O)c2ccccc2)cc1. The van der Waals surface area contributed by atoms with E-state index in [0.29, 0.717) is 11.3 Å². The van der Waals surface area contributed by atoms with E-state index < -0.39 is 60.2 Å². The molecule has 0 aromatic heterocycles. The molecule has 7 rings (SSSR count). The van der Waals surface area contributed by atoms with Crippen LogP contribution >= 0.6 is 0 Å². The number of hydrogen-bond donors (Lipinski definition) is 2. The van der Waals surface area contributed by atoms with Gasteiger partial charge in [-0.25, -0.2) is 19.2 Å². The second-order valence-corrected chi connectivity index (χ2v) is 14.6. The monoisotopic (exact) mass is 849 g/mol. The van der Waals surface area contributed by atoms with Crippen molar-refractivity contribution in [3.05, 3.63) is 208 Å². The molecule has 0 spiro atoms. The van der Waals surface area contributed by atoms with Crippen LogP contribution in [0.1, 0.15) is 70.6 Å². The minimum Gasteiger partial charge on any atom is -0.497 e. The predicted molar refractivity (Wildman–Crippen MR) is 229 cm³/mol. The summed E-state index contributed by atoms with van der Waals surface area (Å²) in [4.78, 5) is 56.2. The maximum absolute atomic E-state index is 14.2. The van der Waals surface area contributed by atoms with Gasteiger partial charge in [-0.3, -0.25) is 0 Å². The van der Waals surface area contributed by atoms with Gasteiger partial charge in [-0.15, -0.1) is 0 Å². The summed E-state index contributed by atoms with van der Waals surface area (Å²) < 4.78 is 36.8. The molecule has 63 heavy (non-hydrogen) atoms. The lowest BCUT2D eigenvalue weighted by Gasteiger charge is -2.50. The topological polar surface area (TPSA) is 176 Å². The fraction of sp³-hybridized carbons (Fsp3) is 0.180. The number of oxime groups is 1. The second kappa shape index (κ2) is 19.8. The zero-order valence-electron chi connectivity index (χ0n) is 34.2. The van der Waals surface area contributed by atoms with Gasteiger partial charge in [0.25, 0.3) is 0 Å². The van der Waals surface area contributed by atoms with Crippen LogP contribution in [0, 0.1) is 0 Å². The van der Waals surface area contributed by atoms with Gasteiger partial charge >= 0.3 is 23.9 Å². The Morgan fingerprint density at radius 1 is 0.651 bits per heavy atom. The molecule has 0 bridgehead atoms. The van der Waals surface area contributed by atoms with Crippen LogP contribution in [-0.4, -0.2) is 78.0 Å². The van der Waals surface area contributed by atoms with E-state index in [0.717, 1.165) is 11.8 Å². The van der Waals surface area contributed by atoms with Crippen LogP contribution in [0.3, 0.4) is 0 Å². The molecule has 6 aromatic carbocycles. The van der Waals surface area contributed by atoms with Crippen molar-refractivity contribution in [3.63, 3.8) is 0 Å². The standard InChI is InChI=1S/C50H43NO12/c1-32(59-46(52)35-15-7-3-8-16-35)42-43(60-47(53)36-17-9-4-10-18-36)44(61-48(54)37-19-11-5-12-20-37)45(62-49(55)38-21-13-6-14-22-38)50(56,63-42)41-30-34(31-51-57)23-26-39(41)29-33-24-27-40(58-2)28-25-33/h3-28,30-32,42-45,56-57H,29H2,1-2H3/t32-,42+,43+,44-,45+,50+/m0/s1. The number of benzene rings is 6. The number of ether oxygens (including phenoxy) is 6. The maximum atomic E-state index is 14.2. The first-order valence-corrected chi connectivity index (χ1v) is 20.0. The number of carbonyl (C=O) groups is 4. The Hall–Kier alpha value is -7.61. The van der Waals surface area contributed by atoms with Gasteiger partial charge in [0, 0.05) is 5.56 Å². The lowest BCUT2D eigenvalue weighted by molar-refractivity contribution is -0.360. The van der Waals surface area contributed by atoms with Gasteiger partial charge in [0.15, 0.2) is 12.2 Å². The largest absolute Gasteiger partial charge is 0.497 e. The van der Waals surface area contributed by atoms with E-state index >= 15 is 0 Å². The van der Waals surface area contributed by atoms with E-state index in [9.17, 15) is 29.5 Å². The summed E-state index contributed by atoms with van der Waals surface area (Å²) in [5, 5.41) is 26.3. The first-order chi connectivity index (χ1) is 30.6. The van der Waals surface area contributed by atoms with Crippen LogP contribution in [0.25, 0.3) is 0 Å². The number of hydrogen-bond acceptors (Lipinski definition) is 13. The first kappa shape index (κ1) is 43.5. The zero-order chi connectivity index (χ0) is 44.3. The van der Waals surface area contributed by atoms with Crippen LogP contribution in [0.5, 0.6) is 5.75 Å². The Bertz CT molecular complexity index is 2540. The molecule has 0 aliphatic carbocycles. The molecule has 0 amide bonds. The molecule has 1 saturated heterocycles. The molecule has 0 unspecified atom stereocenters. The molecule has 6 aromatic rings. The molecule has 1 aliphatic rings. The number of carbonyl (C=O) groups excluding carboxylic acids is 4. The summed E-state index contributed by atoms with van der Waals surface area (Å²) in [6, 6.07) is 43.9. The quantitative estimate of drug-likeness (QED) is 0.0362. The van der Waals surface area contributed by atoms with Gasteiger partial charge in [-0.2, -0.15) is 0 Å². The van der Waals surface area contributed by atoms with E-state index in [2.05, 4.69) is 5.16 Å². The Morgan fingerprint density at radius 3 is 1.62 bits per heavy atom. The molecule has 1 fully saturated rings. The van der Waals surface area contributed by atoms with E-state index in [1.165, 1.54) is 49.4 Å². The van der Waals surface area contributed by atoms with Crippen LogP contribution in [0.2, 0.25) is 0 Å². The smallest absolute Gasteiger partial charge is 0.338 e. The highest BCUT2D eigenvalue weighted by atomic mass is 16.7. The lowest BCUT2D eigenvalue weighted by Crippen LogP contribution is -2.68.